The second kappa shape index (κ2) is 25.0. The lowest BCUT2D eigenvalue weighted by molar-refractivity contribution is 0.610. The Bertz CT molecular complexity index is 4690. The van der Waals surface area contributed by atoms with Gasteiger partial charge in [-0.25, -0.2) is 0 Å². The average molecular weight is 1240 g/mol. The van der Waals surface area contributed by atoms with Gasteiger partial charge < -0.3 is 14.7 Å². The van der Waals surface area contributed by atoms with Crippen molar-refractivity contribution in [3.8, 4) is 22.3 Å². The Hall–Kier alpha value is -10.8. The van der Waals surface area contributed by atoms with Crippen LogP contribution in [0.1, 0.15) is 61.1 Å². The number of halogens is 1. The molecule has 12 aromatic carbocycles. The highest BCUT2D eigenvalue weighted by Gasteiger charge is 2.37. The molecule has 91 heavy (non-hydrogen) atoms. The van der Waals surface area contributed by atoms with E-state index in [4.69, 9.17) is 9.97 Å². The van der Waals surface area contributed by atoms with E-state index in [1.54, 1.807) is 24.8 Å². The van der Waals surface area contributed by atoms with Gasteiger partial charge in [0.1, 0.15) is 11.0 Å². The first-order valence-electron chi connectivity index (χ1n) is 30.9. The molecule has 0 unspecified atom stereocenters. The van der Waals surface area contributed by atoms with Gasteiger partial charge in [-0.3, -0.25) is 19.9 Å². The fraction of sp³-hybridized carbons (Fsp3) is 0.0843. The SMILES string of the molecule is Brc1ccc(-c2ccc(N(c3ccccc3)c3ccccc3)cc2)c2nccnc12.CC1(C)c2ccccc2Cc2ccccc21.CC1(C)c2ccccc2N(c2ccc(-c3ccc(N(c4ccccc4)c4ccccc4)cc3)c3nccnc23)c2ccccc21. The van der Waals surface area contributed by atoms with Gasteiger partial charge >= 0.3 is 0 Å². The highest BCUT2D eigenvalue weighted by atomic mass is 79.9. The monoisotopic (exact) mass is 1240 g/mol. The smallest absolute Gasteiger partial charge is 0.113 e. The summed E-state index contributed by atoms with van der Waals surface area (Å²) >= 11 is 3.58. The number of nitrogens with zero attached hydrogens (tertiary/aromatic N) is 7. The molecule has 16 rings (SSSR count). The van der Waals surface area contributed by atoms with Crippen LogP contribution in [0.4, 0.5) is 51.2 Å². The van der Waals surface area contributed by atoms with E-state index in [0.29, 0.717) is 0 Å². The zero-order chi connectivity index (χ0) is 61.9. The number of hydrogen-bond donors (Lipinski definition) is 0. The van der Waals surface area contributed by atoms with Crippen LogP contribution in [-0.4, -0.2) is 19.9 Å². The first kappa shape index (κ1) is 57.9. The Morgan fingerprint density at radius 1 is 0.297 bits per heavy atom. The van der Waals surface area contributed by atoms with Crippen LogP contribution in [0, 0.1) is 0 Å². The van der Waals surface area contributed by atoms with Crippen molar-refractivity contribution in [3.05, 3.63) is 354 Å². The fourth-order valence-electron chi connectivity index (χ4n) is 13.3. The standard InChI is InChI=1S/C41H32N4.C26H18BrN3.C16H16/c1-41(2)34-17-9-11-19-36(34)45(37-20-12-10-18-35(37)41)38-26-25-33(39-40(38)43-28-27-42-39)29-21-23-32(24-22-29)44(30-13-5-3-6-14-30)31-15-7-4-8-16-31;27-24-16-15-23(25-26(24)29-18-17-28-25)19-11-13-22(14-12-19)30(20-7-3-1-4-8-20)21-9-5-2-6-10-21;1-16(2)14-9-5-3-7-12(14)11-13-8-4-6-10-15(13)16/h3-28H,1-2H3;1-18H;3-10H,11H2,1-2H3. The normalized spacial score (nSPS) is 13.0. The molecule has 1 aliphatic carbocycles. The molecular weight excluding hydrogens is 1170 g/mol. The maximum atomic E-state index is 4.94. The quantitative estimate of drug-likeness (QED) is 0.143. The molecule has 2 aromatic heterocycles. The summed E-state index contributed by atoms with van der Waals surface area (Å²) in [5, 5.41) is 0. The molecule has 0 amide bonds. The van der Waals surface area contributed by atoms with Gasteiger partial charge in [-0.2, -0.15) is 0 Å². The van der Waals surface area contributed by atoms with Crippen LogP contribution in [0.2, 0.25) is 0 Å². The van der Waals surface area contributed by atoms with E-state index in [2.05, 4.69) is 329 Å². The molecule has 8 heteroatoms. The first-order chi connectivity index (χ1) is 44.6. The van der Waals surface area contributed by atoms with Crippen molar-refractivity contribution >= 4 is 89.2 Å². The van der Waals surface area contributed by atoms with Crippen molar-refractivity contribution in [3.63, 3.8) is 0 Å². The van der Waals surface area contributed by atoms with Gasteiger partial charge in [-0.15, -0.1) is 0 Å². The molecule has 0 bridgehead atoms. The van der Waals surface area contributed by atoms with Crippen LogP contribution in [0.3, 0.4) is 0 Å². The van der Waals surface area contributed by atoms with Crippen molar-refractivity contribution in [1.82, 2.24) is 19.9 Å². The Kier molecular flexibility index (Phi) is 15.9. The third-order valence-corrected chi connectivity index (χ3v) is 18.4. The average Bonchev–Trinajstić information content (AvgIpc) is 0.837. The molecule has 0 fully saturated rings. The summed E-state index contributed by atoms with van der Waals surface area (Å²) in [6.07, 6.45) is 8.12. The number of benzene rings is 12. The van der Waals surface area contributed by atoms with Crippen LogP contribution in [-0.2, 0) is 17.3 Å². The Labute approximate surface area is 541 Å². The van der Waals surface area contributed by atoms with E-state index in [9.17, 15) is 0 Å². The molecule has 0 radical (unpaired) electrons. The molecule has 1 aliphatic heterocycles. The lowest BCUT2D eigenvalue weighted by atomic mass is 9.69. The molecule has 0 N–H and O–H groups in total. The predicted octanol–water partition coefficient (Wildman–Crippen LogP) is 22.3. The Morgan fingerprint density at radius 2 is 0.615 bits per heavy atom. The summed E-state index contributed by atoms with van der Waals surface area (Å²) in [7, 11) is 0. The van der Waals surface area contributed by atoms with Gasteiger partial charge in [0.15, 0.2) is 0 Å². The van der Waals surface area contributed by atoms with Crippen LogP contribution >= 0.6 is 15.9 Å². The van der Waals surface area contributed by atoms with Crippen LogP contribution < -0.4 is 14.7 Å². The van der Waals surface area contributed by atoms with E-state index in [1.165, 1.54) is 44.8 Å². The number of anilines is 9. The molecular formula is C83H66BrN7. The van der Waals surface area contributed by atoms with Crippen LogP contribution in [0.25, 0.3) is 44.3 Å². The van der Waals surface area contributed by atoms with E-state index >= 15 is 0 Å². The van der Waals surface area contributed by atoms with Gasteiger partial charge in [-0.05, 0) is 170 Å². The number of rotatable bonds is 9. The second-order valence-corrected chi connectivity index (χ2v) is 24.8. The predicted molar refractivity (Wildman–Crippen MR) is 382 cm³/mol. The van der Waals surface area contributed by atoms with Gasteiger partial charge in [0, 0.05) is 85.3 Å². The van der Waals surface area contributed by atoms with E-state index in [1.807, 2.05) is 30.3 Å². The molecule has 0 saturated carbocycles. The Morgan fingerprint density at radius 3 is 1.04 bits per heavy atom. The van der Waals surface area contributed by atoms with Crippen molar-refractivity contribution < 1.29 is 0 Å². The number of aromatic nitrogens is 4. The summed E-state index contributed by atoms with van der Waals surface area (Å²) in [5.74, 6) is 0. The van der Waals surface area contributed by atoms with Gasteiger partial charge in [0.2, 0.25) is 0 Å². The minimum Gasteiger partial charge on any atom is -0.311 e. The van der Waals surface area contributed by atoms with Crippen molar-refractivity contribution in [2.75, 3.05) is 14.7 Å². The lowest BCUT2D eigenvalue weighted by Gasteiger charge is -2.42. The van der Waals surface area contributed by atoms with Crippen LogP contribution in [0.15, 0.2) is 320 Å². The zero-order valence-electron chi connectivity index (χ0n) is 51.2. The van der Waals surface area contributed by atoms with Crippen molar-refractivity contribution in [2.24, 2.45) is 0 Å². The van der Waals surface area contributed by atoms with E-state index in [0.717, 1.165) is 95.0 Å². The van der Waals surface area contributed by atoms with E-state index < -0.39 is 0 Å². The molecule has 440 valence electrons. The third-order valence-electron chi connectivity index (χ3n) is 17.8. The van der Waals surface area contributed by atoms with Gasteiger partial charge in [0.05, 0.1) is 28.1 Å². The summed E-state index contributed by atoms with van der Waals surface area (Å²) in [6.45, 7) is 9.26. The number of fused-ring (bicyclic) bond motifs is 6. The molecule has 0 saturated heterocycles. The zero-order valence-corrected chi connectivity index (χ0v) is 52.8. The minimum atomic E-state index is -0.125. The molecule has 3 heterocycles. The highest BCUT2D eigenvalue weighted by molar-refractivity contribution is 9.10. The number of para-hydroxylation sites is 6. The minimum absolute atomic E-state index is 0.125. The van der Waals surface area contributed by atoms with Gasteiger partial charge in [0.25, 0.3) is 0 Å². The summed E-state index contributed by atoms with van der Waals surface area (Å²) < 4.78 is 0.949. The third kappa shape index (κ3) is 11.2. The lowest BCUT2D eigenvalue weighted by Crippen LogP contribution is -2.30. The molecule has 14 aromatic rings. The fourth-order valence-corrected chi connectivity index (χ4v) is 13.8. The highest BCUT2D eigenvalue weighted by Crippen LogP contribution is 2.53. The van der Waals surface area contributed by atoms with Crippen LogP contribution in [0.5, 0.6) is 0 Å². The van der Waals surface area contributed by atoms with Crippen molar-refractivity contribution in [2.45, 2.75) is 44.9 Å². The largest absolute Gasteiger partial charge is 0.311 e. The van der Waals surface area contributed by atoms with Crippen molar-refractivity contribution in [1.29, 1.82) is 0 Å². The summed E-state index contributed by atoms with van der Waals surface area (Å²) in [4.78, 5) is 25.8. The summed E-state index contributed by atoms with van der Waals surface area (Å²) in [5.41, 5.74) is 26.4. The number of hydrogen-bond acceptors (Lipinski definition) is 7. The Balaban J connectivity index is 0.000000134. The second-order valence-electron chi connectivity index (χ2n) is 24.0. The molecule has 7 nitrogen and oxygen atoms in total. The summed E-state index contributed by atoms with van der Waals surface area (Å²) in [6, 6.07) is 103. The maximum Gasteiger partial charge on any atom is 0.113 e. The van der Waals surface area contributed by atoms with Gasteiger partial charge in [-0.1, -0.05) is 216 Å². The molecule has 0 spiro atoms. The maximum absolute atomic E-state index is 4.94. The van der Waals surface area contributed by atoms with E-state index in [-0.39, 0.29) is 10.8 Å². The topological polar surface area (TPSA) is 61.3 Å². The first-order valence-corrected chi connectivity index (χ1v) is 31.7. The molecule has 0 atom stereocenters. The molecule has 2 aliphatic rings.